The van der Waals surface area contributed by atoms with Gasteiger partial charge in [-0.1, -0.05) is 54.6 Å². The maximum absolute atomic E-state index is 13.4. The highest BCUT2D eigenvalue weighted by molar-refractivity contribution is 5.98. The van der Waals surface area contributed by atoms with Gasteiger partial charge in [-0.3, -0.25) is 0 Å². The van der Waals surface area contributed by atoms with Crippen molar-refractivity contribution in [2.45, 2.75) is 37.6 Å². The third-order valence-corrected chi connectivity index (χ3v) is 7.37. The number of hydrogen-bond acceptors (Lipinski definition) is 12. The van der Waals surface area contributed by atoms with E-state index in [1.807, 2.05) is 6.92 Å². The van der Waals surface area contributed by atoms with Gasteiger partial charge >= 0.3 is 17.9 Å². The molecule has 3 heterocycles. The number of carbonyl (C=O) groups is 3. The summed E-state index contributed by atoms with van der Waals surface area (Å²) >= 11 is 0. The van der Waals surface area contributed by atoms with Gasteiger partial charge in [0.25, 0.3) is 0 Å². The number of rotatable bonds is 8. The molecule has 0 aromatic heterocycles. The lowest BCUT2D eigenvalue weighted by atomic mass is 10.1. The number of aliphatic imine (C=N–C) groups is 1. The Balaban J connectivity index is 1.34. The zero-order valence-electron chi connectivity index (χ0n) is 23.8. The van der Waals surface area contributed by atoms with Gasteiger partial charge in [0.15, 0.2) is 18.4 Å². The molecule has 12 nitrogen and oxygen atoms in total. The van der Waals surface area contributed by atoms with Crippen LogP contribution in [0, 0.1) is 0 Å². The van der Waals surface area contributed by atoms with Crippen molar-refractivity contribution in [3.8, 4) is 0 Å². The first-order chi connectivity index (χ1) is 21.4. The maximum Gasteiger partial charge on any atom is 0.338 e. The summed E-state index contributed by atoms with van der Waals surface area (Å²) in [6, 6.07) is 25.4. The van der Waals surface area contributed by atoms with Crippen LogP contribution in [0.15, 0.2) is 108 Å². The molecule has 44 heavy (non-hydrogen) atoms. The lowest BCUT2D eigenvalue weighted by molar-refractivity contribution is -0.0902. The van der Waals surface area contributed by atoms with Crippen molar-refractivity contribution in [3.63, 3.8) is 0 Å². The Labute approximate surface area is 253 Å². The summed E-state index contributed by atoms with van der Waals surface area (Å²) in [5.74, 6) is -0.974. The summed E-state index contributed by atoms with van der Waals surface area (Å²) in [6.07, 6.45) is -4.59. The Kier molecular flexibility index (Phi) is 8.15. The van der Waals surface area contributed by atoms with E-state index in [0.717, 1.165) is 0 Å². The van der Waals surface area contributed by atoms with Crippen molar-refractivity contribution in [1.82, 2.24) is 15.5 Å². The molecule has 226 valence electrons. The highest BCUT2D eigenvalue weighted by Crippen LogP contribution is 2.34. The van der Waals surface area contributed by atoms with E-state index in [2.05, 4.69) is 15.6 Å². The molecule has 0 spiro atoms. The molecule has 3 unspecified atom stereocenters. The first kappa shape index (κ1) is 28.7. The molecule has 0 amide bonds. The quantitative estimate of drug-likeness (QED) is 0.259. The summed E-state index contributed by atoms with van der Waals surface area (Å²) in [7, 11) is 0. The van der Waals surface area contributed by atoms with Crippen molar-refractivity contribution in [3.05, 3.63) is 119 Å². The van der Waals surface area contributed by atoms with Gasteiger partial charge < -0.3 is 40.2 Å². The van der Waals surface area contributed by atoms with E-state index in [9.17, 15) is 14.4 Å². The Morgan fingerprint density at radius 1 is 0.841 bits per heavy atom. The summed E-state index contributed by atoms with van der Waals surface area (Å²) in [6.45, 7) is 1.78. The molecule has 3 aliphatic rings. The maximum atomic E-state index is 13.4. The van der Waals surface area contributed by atoms with E-state index in [-0.39, 0.29) is 19.4 Å². The molecule has 0 radical (unpaired) electrons. The molecule has 0 bridgehead atoms. The average Bonchev–Trinajstić information content (AvgIpc) is 3.62. The Hall–Kier alpha value is -5.36. The fraction of sp³-hybridized carbons (Fsp3) is 0.250. The van der Waals surface area contributed by atoms with Crippen molar-refractivity contribution in [2.24, 2.45) is 10.7 Å². The van der Waals surface area contributed by atoms with Crippen LogP contribution in [0.5, 0.6) is 0 Å². The minimum atomic E-state index is -1.15. The predicted octanol–water partition coefficient (Wildman–Crippen LogP) is 2.36. The highest BCUT2D eigenvalue weighted by Gasteiger charge is 2.54. The Bertz CT molecular complexity index is 1580. The summed E-state index contributed by atoms with van der Waals surface area (Å²) in [5.41, 5.74) is 7.71. The lowest BCUT2D eigenvalue weighted by Crippen LogP contribution is -2.50. The molecular formula is C32H31N5O7. The average molecular weight is 598 g/mol. The van der Waals surface area contributed by atoms with Crippen molar-refractivity contribution in [2.75, 3.05) is 13.3 Å². The number of hydrogen-bond donors (Lipinski definition) is 3. The zero-order chi connectivity index (χ0) is 30.6. The smallest absolute Gasteiger partial charge is 0.338 e. The van der Waals surface area contributed by atoms with Gasteiger partial charge in [0.1, 0.15) is 36.2 Å². The Morgan fingerprint density at radius 2 is 1.36 bits per heavy atom. The molecule has 1 saturated heterocycles. The van der Waals surface area contributed by atoms with E-state index >= 15 is 0 Å². The van der Waals surface area contributed by atoms with Crippen LogP contribution in [0.2, 0.25) is 0 Å². The van der Waals surface area contributed by atoms with E-state index in [1.165, 1.54) is 0 Å². The number of benzene rings is 3. The SMILES string of the molecule is CC1N=C(N)C2=C(N1)N([C@@H]1O[C@H](COC(=O)c3ccccc3)C(OC(=O)c3ccccc3)C1OC(=O)c1ccccc1)CN2. The third-order valence-electron chi connectivity index (χ3n) is 7.37. The van der Waals surface area contributed by atoms with Gasteiger partial charge in [0.05, 0.1) is 23.4 Å². The molecule has 6 rings (SSSR count). The molecule has 3 aromatic carbocycles. The molecule has 3 aliphatic heterocycles. The van der Waals surface area contributed by atoms with Crippen LogP contribution >= 0.6 is 0 Å². The third kappa shape index (κ3) is 5.92. The largest absolute Gasteiger partial charge is 0.459 e. The number of carbonyl (C=O) groups excluding carboxylic acids is 3. The topological polar surface area (TPSA) is 154 Å². The van der Waals surface area contributed by atoms with Gasteiger partial charge in [-0.15, -0.1) is 0 Å². The molecular weight excluding hydrogens is 566 g/mol. The first-order valence-electron chi connectivity index (χ1n) is 14.1. The van der Waals surface area contributed by atoms with Crippen molar-refractivity contribution in [1.29, 1.82) is 0 Å². The predicted molar refractivity (Wildman–Crippen MR) is 158 cm³/mol. The van der Waals surface area contributed by atoms with Crippen LogP contribution in [0.1, 0.15) is 38.0 Å². The molecule has 0 saturated carbocycles. The fourth-order valence-corrected chi connectivity index (χ4v) is 5.27. The number of nitrogens with zero attached hydrogens (tertiary/aromatic N) is 2. The van der Waals surface area contributed by atoms with Crippen LogP contribution in [0.3, 0.4) is 0 Å². The number of ether oxygens (including phenoxy) is 4. The second-order valence-corrected chi connectivity index (χ2v) is 10.4. The monoisotopic (exact) mass is 597 g/mol. The fourth-order valence-electron chi connectivity index (χ4n) is 5.27. The molecule has 5 atom stereocenters. The number of esters is 3. The standard InChI is InChI=1S/C32H31N5O7/c1-19-35-27(33)24-28(36-19)37(18-34-24)29-26(44-32(40)22-15-9-4-10-16-22)25(43-31(39)21-13-7-3-8-14-21)23(42-29)17-41-30(38)20-11-5-2-6-12-20/h2-16,19,23,25-26,29,34,36H,17-18H2,1H3,(H2,33,35)/t19?,23-,25?,26?,29-/m1/s1. The van der Waals surface area contributed by atoms with E-state index in [0.29, 0.717) is 34.0 Å². The van der Waals surface area contributed by atoms with Crippen LogP contribution in [0.4, 0.5) is 0 Å². The van der Waals surface area contributed by atoms with Gasteiger partial charge in [-0.25, -0.2) is 19.4 Å². The normalized spacial score (nSPS) is 24.0. The first-order valence-corrected chi connectivity index (χ1v) is 14.1. The highest BCUT2D eigenvalue weighted by atomic mass is 16.7. The zero-order valence-corrected chi connectivity index (χ0v) is 23.8. The van der Waals surface area contributed by atoms with Crippen LogP contribution in [-0.2, 0) is 18.9 Å². The van der Waals surface area contributed by atoms with Gasteiger partial charge in [-0.05, 0) is 43.3 Å². The van der Waals surface area contributed by atoms with E-state index < -0.39 is 42.4 Å². The minimum absolute atomic E-state index is 0.223. The number of nitrogens with two attached hydrogens (primary N) is 1. The molecule has 0 aliphatic carbocycles. The van der Waals surface area contributed by atoms with E-state index in [4.69, 9.17) is 24.7 Å². The summed E-state index contributed by atoms with van der Waals surface area (Å²) in [4.78, 5) is 45.8. The van der Waals surface area contributed by atoms with Crippen LogP contribution in [-0.4, -0.2) is 72.6 Å². The van der Waals surface area contributed by atoms with Gasteiger partial charge in [0, 0.05) is 0 Å². The summed E-state index contributed by atoms with van der Waals surface area (Å²) in [5, 5.41) is 6.47. The molecule has 3 aromatic rings. The number of amidine groups is 1. The second-order valence-electron chi connectivity index (χ2n) is 10.4. The van der Waals surface area contributed by atoms with Crippen molar-refractivity contribution >= 4 is 23.7 Å². The van der Waals surface area contributed by atoms with Crippen molar-refractivity contribution < 1.29 is 33.3 Å². The second kappa shape index (κ2) is 12.5. The molecule has 4 N–H and O–H groups in total. The molecule has 1 fully saturated rings. The summed E-state index contributed by atoms with van der Waals surface area (Å²) < 4.78 is 24.1. The van der Waals surface area contributed by atoms with E-state index in [1.54, 1.807) is 95.9 Å². The number of nitrogens with one attached hydrogen (secondary N) is 2. The molecule has 12 heteroatoms. The van der Waals surface area contributed by atoms with Crippen LogP contribution < -0.4 is 16.4 Å². The van der Waals surface area contributed by atoms with Gasteiger partial charge in [0.2, 0.25) is 0 Å². The Morgan fingerprint density at radius 3 is 1.93 bits per heavy atom. The lowest BCUT2D eigenvalue weighted by Gasteiger charge is -2.33. The minimum Gasteiger partial charge on any atom is -0.459 e. The van der Waals surface area contributed by atoms with Crippen LogP contribution in [0.25, 0.3) is 0 Å². The van der Waals surface area contributed by atoms with Gasteiger partial charge in [-0.2, -0.15) is 0 Å².